The number of nitrogens with two attached hydrogens (primary N) is 1. The number of nitrogens with zero attached hydrogens (tertiary/aromatic N) is 2. The topological polar surface area (TPSA) is 43.8 Å². The second-order valence-corrected chi connectivity index (χ2v) is 4.82. The van der Waals surface area contributed by atoms with Crippen LogP contribution >= 0.6 is 11.3 Å². The maximum atomic E-state index is 5.79. The zero-order chi connectivity index (χ0) is 10.8. The average molecular weight is 221 g/mol. The highest BCUT2D eigenvalue weighted by Gasteiger charge is 2.05. The molecule has 15 heavy (non-hydrogen) atoms. The van der Waals surface area contributed by atoms with Crippen LogP contribution in [0.4, 0.5) is 5.95 Å². The number of nitrogen functional groups attached to an aromatic ring is 1. The van der Waals surface area contributed by atoms with Gasteiger partial charge in [-0.15, -0.1) is 11.3 Å². The second-order valence-electron chi connectivity index (χ2n) is 3.57. The molecule has 0 aliphatic carbocycles. The van der Waals surface area contributed by atoms with Gasteiger partial charge in [0.1, 0.15) is 0 Å². The number of rotatable bonds is 3. The fourth-order valence-corrected chi connectivity index (χ4v) is 2.49. The summed E-state index contributed by atoms with van der Waals surface area (Å²) < 4.78 is 2.03. The Morgan fingerprint density at radius 1 is 1.40 bits per heavy atom. The summed E-state index contributed by atoms with van der Waals surface area (Å²) in [5, 5.41) is 0. The van der Waals surface area contributed by atoms with Gasteiger partial charge in [0.05, 0.1) is 12.7 Å². The molecule has 2 aromatic rings. The Bertz CT molecular complexity index is 437. The third kappa shape index (κ3) is 2.04. The largest absolute Gasteiger partial charge is 0.369 e. The minimum Gasteiger partial charge on any atom is -0.369 e. The summed E-state index contributed by atoms with van der Waals surface area (Å²) in [4.78, 5) is 6.84. The minimum absolute atomic E-state index is 0.596. The quantitative estimate of drug-likeness (QED) is 0.865. The number of hydrogen-bond acceptors (Lipinski definition) is 3. The van der Waals surface area contributed by atoms with Gasteiger partial charge < -0.3 is 10.3 Å². The molecule has 2 N–H and O–H groups in total. The molecule has 0 bridgehead atoms. The molecule has 0 fully saturated rings. The molecule has 0 aliphatic heterocycles. The summed E-state index contributed by atoms with van der Waals surface area (Å²) in [5.41, 5.74) is 6.90. The van der Waals surface area contributed by atoms with Gasteiger partial charge in [-0.05, 0) is 25.5 Å². The first-order valence-corrected chi connectivity index (χ1v) is 5.87. The Kier molecular flexibility index (Phi) is 2.77. The predicted octanol–water partition coefficient (Wildman–Crippen LogP) is 2.45. The Balaban J connectivity index is 2.21. The SMILES string of the molecule is CCc1ccc(Cn2c(C)cnc2N)s1. The Morgan fingerprint density at radius 2 is 2.13 bits per heavy atom. The van der Waals surface area contributed by atoms with Crippen molar-refractivity contribution in [3.63, 3.8) is 0 Å². The Labute approximate surface area is 93.6 Å². The van der Waals surface area contributed by atoms with Crippen molar-refractivity contribution >= 4 is 17.3 Å². The Hall–Kier alpha value is -1.29. The van der Waals surface area contributed by atoms with E-state index in [1.54, 1.807) is 0 Å². The lowest BCUT2D eigenvalue weighted by Gasteiger charge is -2.04. The van der Waals surface area contributed by atoms with E-state index in [0.717, 1.165) is 18.7 Å². The summed E-state index contributed by atoms with van der Waals surface area (Å²) in [6, 6.07) is 4.35. The van der Waals surface area contributed by atoms with Crippen LogP contribution in [-0.2, 0) is 13.0 Å². The molecule has 0 unspecified atom stereocenters. The highest BCUT2D eigenvalue weighted by Crippen LogP contribution is 2.19. The van der Waals surface area contributed by atoms with Crippen LogP contribution < -0.4 is 5.73 Å². The molecule has 0 saturated heterocycles. The van der Waals surface area contributed by atoms with Crippen molar-refractivity contribution in [2.24, 2.45) is 0 Å². The zero-order valence-corrected chi connectivity index (χ0v) is 9.84. The summed E-state index contributed by atoms with van der Waals surface area (Å²) >= 11 is 1.84. The highest BCUT2D eigenvalue weighted by molar-refractivity contribution is 7.11. The number of aromatic nitrogens is 2. The first-order valence-electron chi connectivity index (χ1n) is 5.06. The highest BCUT2D eigenvalue weighted by atomic mass is 32.1. The first kappa shape index (κ1) is 10.2. The lowest BCUT2D eigenvalue weighted by molar-refractivity contribution is 0.794. The van der Waals surface area contributed by atoms with Gasteiger partial charge in [-0.1, -0.05) is 6.92 Å². The van der Waals surface area contributed by atoms with Gasteiger partial charge in [0.2, 0.25) is 5.95 Å². The van der Waals surface area contributed by atoms with E-state index in [4.69, 9.17) is 5.73 Å². The van der Waals surface area contributed by atoms with Crippen molar-refractivity contribution in [1.82, 2.24) is 9.55 Å². The van der Waals surface area contributed by atoms with E-state index in [1.165, 1.54) is 9.75 Å². The molecule has 0 atom stereocenters. The van der Waals surface area contributed by atoms with Crippen LogP contribution in [0.3, 0.4) is 0 Å². The van der Waals surface area contributed by atoms with E-state index >= 15 is 0 Å². The van der Waals surface area contributed by atoms with Crippen LogP contribution in [-0.4, -0.2) is 9.55 Å². The minimum atomic E-state index is 0.596. The van der Waals surface area contributed by atoms with Crippen molar-refractivity contribution in [2.75, 3.05) is 5.73 Å². The summed E-state index contributed by atoms with van der Waals surface area (Å²) in [7, 11) is 0. The van der Waals surface area contributed by atoms with Gasteiger partial charge in [-0.2, -0.15) is 0 Å². The van der Waals surface area contributed by atoms with E-state index in [9.17, 15) is 0 Å². The molecule has 0 aromatic carbocycles. The van der Waals surface area contributed by atoms with Crippen molar-refractivity contribution in [3.8, 4) is 0 Å². The van der Waals surface area contributed by atoms with Crippen LogP contribution in [0.5, 0.6) is 0 Å². The molecule has 2 aromatic heterocycles. The molecule has 3 nitrogen and oxygen atoms in total. The molecule has 0 saturated carbocycles. The van der Waals surface area contributed by atoms with Crippen molar-refractivity contribution in [3.05, 3.63) is 33.8 Å². The lowest BCUT2D eigenvalue weighted by atomic mass is 10.3. The molecule has 80 valence electrons. The third-order valence-corrected chi connectivity index (χ3v) is 3.68. The van der Waals surface area contributed by atoms with E-state index in [1.807, 2.05) is 29.0 Å². The summed E-state index contributed by atoms with van der Waals surface area (Å²) in [5.74, 6) is 0.596. The van der Waals surface area contributed by atoms with Crippen molar-refractivity contribution in [2.45, 2.75) is 26.8 Å². The number of aryl methyl sites for hydroxylation is 2. The smallest absolute Gasteiger partial charge is 0.200 e. The maximum Gasteiger partial charge on any atom is 0.200 e. The third-order valence-electron chi connectivity index (χ3n) is 2.47. The molecule has 2 heterocycles. The molecule has 0 radical (unpaired) electrons. The lowest BCUT2D eigenvalue weighted by Crippen LogP contribution is -2.04. The monoisotopic (exact) mass is 221 g/mol. The molecular weight excluding hydrogens is 206 g/mol. The summed E-state index contributed by atoms with van der Waals surface area (Å²) in [6.07, 6.45) is 2.91. The van der Waals surface area contributed by atoms with Gasteiger partial charge in [0, 0.05) is 15.4 Å². The molecule has 0 aliphatic rings. The molecule has 0 spiro atoms. The predicted molar refractivity (Wildman–Crippen MR) is 64.2 cm³/mol. The van der Waals surface area contributed by atoms with Crippen LogP contribution in [0.25, 0.3) is 0 Å². The van der Waals surface area contributed by atoms with E-state index < -0.39 is 0 Å². The Morgan fingerprint density at radius 3 is 2.67 bits per heavy atom. The van der Waals surface area contributed by atoms with Crippen LogP contribution in [0.1, 0.15) is 22.4 Å². The van der Waals surface area contributed by atoms with Crippen LogP contribution in [0.15, 0.2) is 18.3 Å². The second kappa shape index (κ2) is 4.06. The molecule has 4 heteroatoms. The first-order chi connectivity index (χ1) is 7.20. The fraction of sp³-hybridized carbons (Fsp3) is 0.364. The number of hydrogen-bond donors (Lipinski definition) is 1. The van der Waals surface area contributed by atoms with Gasteiger partial charge in [-0.3, -0.25) is 0 Å². The van der Waals surface area contributed by atoms with Crippen molar-refractivity contribution in [1.29, 1.82) is 0 Å². The normalized spacial score (nSPS) is 10.8. The number of imidazole rings is 1. The van der Waals surface area contributed by atoms with E-state index in [2.05, 4.69) is 24.0 Å². The average Bonchev–Trinajstić information content (AvgIpc) is 2.80. The van der Waals surface area contributed by atoms with Gasteiger partial charge in [0.15, 0.2) is 0 Å². The van der Waals surface area contributed by atoms with Gasteiger partial charge >= 0.3 is 0 Å². The molecule has 0 amide bonds. The van der Waals surface area contributed by atoms with Gasteiger partial charge in [0.25, 0.3) is 0 Å². The van der Waals surface area contributed by atoms with Crippen molar-refractivity contribution < 1.29 is 0 Å². The van der Waals surface area contributed by atoms with E-state index in [0.29, 0.717) is 5.95 Å². The molecule has 2 rings (SSSR count). The van der Waals surface area contributed by atoms with E-state index in [-0.39, 0.29) is 0 Å². The van der Waals surface area contributed by atoms with Crippen LogP contribution in [0, 0.1) is 6.92 Å². The number of anilines is 1. The number of thiophene rings is 1. The molecular formula is C11H15N3S. The zero-order valence-electron chi connectivity index (χ0n) is 9.03. The standard InChI is InChI=1S/C11H15N3S/c1-3-9-4-5-10(15-9)7-14-8(2)6-13-11(14)12/h4-6H,3,7H2,1-2H3,(H2,12,13). The summed E-state index contributed by atoms with van der Waals surface area (Å²) in [6.45, 7) is 5.03. The van der Waals surface area contributed by atoms with Crippen LogP contribution in [0.2, 0.25) is 0 Å². The maximum absolute atomic E-state index is 5.79. The van der Waals surface area contributed by atoms with Gasteiger partial charge in [-0.25, -0.2) is 4.98 Å². The fourth-order valence-electron chi connectivity index (χ4n) is 1.54.